The molecule has 1 unspecified atom stereocenters. The second kappa shape index (κ2) is 8.16. The number of aliphatic carboxylic acids is 1. The van der Waals surface area contributed by atoms with Crippen molar-refractivity contribution in [2.75, 3.05) is 16.8 Å². The van der Waals surface area contributed by atoms with Crippen LogP contribution >= 0.6 is 0 Å². The van der Waals surface area contributed by atoms with Crippen LogP contribution in [0.15, 0.2) is 29.0 Å². The number of carboxylic acid groups (broad SMARTS) is 1. The van der Waals surface area contributed by atoms with Crippen molar-refractivity contribution in [1.29, 1.82) is 0 Å². The number of rotatable bonds is 9. The molecule has 2 N–H and O–H groups in total. The fraction of sp³-hybridized carbons (Fsp3) is 0.400. The number of unbranched alkanes of at least 4 members (excludes halogenated alkanes) is 3. The Morgan fingerprint density at radius 3 is 2.85 bits per heavy atom. The van der Waals surface area contributed by atoms with Crippen LogP contribution in [-0.2, 0) is 20.8 Å². The highest BCUT2D eigenvalue weighted by Crippen LogP contribution is 2.49. The third-order valence-electron chi connectivity index (χ3n) is 4.97. The first-order valence-corrected chi connectivity index (χ1v) is 9.20. The summed E-state index contributed by atoms with van der Waals surface area (Å²) in [5.74, 6) is -1.71. The molecular formula is C20H23N3O4. The Morgan fingerprint density at radius 1 is 1.33 bits per heavy atom. The Hall–Kier alpha value is -2.96. The summed E-state index contributed by atoms with van der Waals surface area (Å²) in [7, 11) is 0. The van der Waals surface area contributed by atoms with Gasteiger partial charge in [0.15, 0.2) is 5.78 Å². The van der Waals surface area contributed by atoms with Gasteiger partial charge < -0.3 is 15.3 Å². The van der Waals surface area contributed by atoms with Gasteiger partial charge in [-0.15, -0.1) is 0 Å². The molecular weight excluding hydrogens is 346 g/mol. The molecule has 1 aromatic rings. The van der Waals surface area contributed by atoms with Gasteiger partial charge in [-0.05, 0) is 18.1 Å². The number of benzene rings is 1. The van der Waals surface area contributed by atoms with Crippen LogP contribution < -0.4 is 10.2 Å². The number of Topliss-reactive ketones (excluding diaryl/α,β-unsaturated/α-hetero) is 1. The van der Waals surface area contributed by atoms with Crippen molar-refractivity contribution in [2.45, 2.75) is 44.9 Å². The lowest BCUT2D eigenvalue weighted by Gasteiger charge is -2.23. The molecule has 7 heteroatoms. The summed E-state index contributed by atoms with van der Waals surface area (Å²) in [5.41, 5.74) is 3.19. The van der Waals surface area contributed by atoms with E-state index in [1.165, 1.54) is 6.21 Å². The number of carboxylic acids is 1. The van der Waals surface area contributed by atoms with Gasteiger partial charge in [-0.1, -0.05) is 32.3 Å². The molecule has 0 saturated carbocycles. The number of carbonyl (C=O) groups is 3. The minimum absolute atomic E-state index is 0.161. The largest absolute Gasteiger partial charge is 0.481 e. The predicted octanol–water partition coefficient (Wildman–Crippen LogP) is 2.86. The fourth-order valence-electron chi connectivity index (χ4n) is 3.80. The van der Waals surface area contributed by atoms with Crippen LogP contribution in [-0.4, -0.2) is 36.0 Å². The Labute approximate surface area is 157 Å². The van der Waals surface area contributed by atoms with E-state index in [0.29, 0.717) is 23.2 Å². The van der Waals surface area contributed by atoms with Crippen molar-refractivity contribution >= 4 is 35.8 Å². The number of allylic oxidation sites excluding steroid dienone is 1. The number of amides is 1. The average Bonchev–Trinajstić information content (AvgIpc) is 2.96. The van der Waals surface area contributed by atoms with E-state index in [1.54, 1.807) is 12.3 Å². The number of ketones is 1. The second-order valence-electron chi connectivity index (χ2n) is 6.75. The molecule has 0 fully saturated rings. The van der Waals surface area contributed by atoms with Crippen LogP contribution in [0.2, 0.25) is 0 Å². The summed E-state index contributed by atoms with van der Waals surface area (Å²) < 4.78 is 0. The molecule has 1 aromatic carbocycles. The molecule has 0 bridgehead atoms. The molecule has 0 aliphatic carbocycles. The first kappa shape index (κ1) is 18.8. The highest BCUT2D eigenvalue weighted by Gasteiger charge is 2.41. The number of nitrogens with zero attached hydrogens (tertiary/aromatic N) is 2. The van der Waals surface area contributed by atoms with Crippen LogP contribution in [0.5, 0.6) is 0 Å². The maximum absolute atomic E-state index is 12.6. The molecule has 0 spiro atoms. The monoisotopic (exact) mass is 369 g/mol. The average molecular weight is 369 g/mol. The zero-order chi connectivity index (χ0) is 19.4. The summed E-state index contributed by atoms with van der Waals surface area (Å²) in [6.07, 6.45) is 7.62. The third-order valence-corrected chi connectivity index (χ3v) is 4.97. The quantitative estimate of drug-likeness (QED) is 0.515. The Balaban J connectivity index is 2.06. The van der Waals surface area contributed by atoms with Crippen molar-refractivity contribution in [3.8, 4) is 0 Å². The highest BCUT2D eigenvalue weighted by molar-refractivity contribution is 6.33. The number of hydrogen-bond donors (Lipinski definition) is 2. The number of aliphatic imine (C=N–C) groups is 1. The topological polar surface area (TPSA) is 99.1 Å². The molecule has 2 aliphatic rings. The molecule has 7 nitrogen and oxygen atoms in total. The van der Waals surface area contributed by atoms with E-state index in [9.17, 15) is 19.5 Å². The fourth-order valence-corrected chi connectivity index (χ4v) is 3.80. The van der Waals surface area contributed by atoms with Crippen molar-refractivity contribution in [3.63, 3.8) is 0 Å². The van der Waals surface area contributed by atoms with Gasteiger partial charge in [0, 0.05) is 24.0 Å². The standard InChI is InChI=1S/C20H23N3O4/c1-2-3-4-5-8-23-14-7-6-13(9-17(26)27)20(22-12-24)19(14)18-15(23)10-21-11-16(18)25/h6-7,10-12,18H,2-5,8-9H2,1H3,(H,22,24)(H,26,27). The first-order chi connectivity index (χ1) is 13.1. The van der Waals surface area contributed by atoms with E-state index in [-0.39, 0.29) is 12.2 Å². The minimum atomic E-state index is -0.995. The lowest BCUT2D eigenvalue weighted by atomic mass is 9.90. The lowest BCUT2D eigenvalue weighted by Crippen LogP contribution is -2.25. The Morgan fingerprint density at radius 2 is 2.15 bits per heavy atom. The van der Waals surface area contributed by atoms with Crippen molar-refractivity contribution < 1.29 is 19.5 Å². The van der Waals surface area contributed by atoms with Gasteiger partial charge in [-0.25, -0.2) is 0 Å². The number of anilines is 2. The summed E-state index contributed by atoms with van der Waals surface area (Å²) >= 11 is 0. The lowest BCUT2D eigenvalue weighted by molar-refractivity contribution is -0.136. The van der Waals surface area contributed by atoms with Gasteiger partial charge in [0.2, 0.25) is 6.41 Å². The van der Waals surface area contributed by atoms with E-state index in [4.69, 9.17) is 0 Å². The number of fused-ring (bicyclic) bond motifs is 3. The summed E-state index contributed by atoms with van der Waals surface area (Å²) in [5, 5.41) is 11.8. The van der Waals surface area contributed by atoms with Crippen LogP contribution in [0, 0.1) is 0 Å². The van der Waals surface area contributed by atoms with E-state index in [0.717, 1.165) is 43.6 Å². The van der Waals surface area contributed by atoms with Crippen molar-refractivity contribution in [3.05, 3.63) is 35.2 Å². The molecule has 27 heavy (non-hydrogen) atoms. The van der Waals surface area contributed by atoms with Crippen molar-refractivity contribution in [2.24, 2.45) is 4.99 Å². The maximum atomic E-state index is 12.6. The van der Waals surface area contributed by atoms with Gasteiger partial charge >= 0.3 is 5.97 Å². The molecule has 0 saturated heterocycles. The molecule has 2 heterocycles. The molecule has 1 amide bonds. The van der Waals surface area contributed by atoms with Crippen LogP contribution in [0.4, 0.5) is 11.4 Å². The molecule has 2 aliphatic heterocycles. The van der Waals surface area contributed by atoms with Crippen molar-refractivity contribution in [1.82, 2.24) is 0 Å². The first-order valence-electron chi connectivity index (χ1n) is 9.20. The zero-order valence-electron chi connectivity index (χ0n) is 15.3. The van der Waals surface area contributed by atoms with E-state index in [2.05, 4.69) is 22.1 Å². The third kappa shape index (κ3) is 3.63. The molecule has 3 rings (SSSR count). The predicted molar refractivity (Wildman–Crippen MR) is 103 cm³/mol. The molecule has 0 aromatic heterocycles. The SMILES string of the molecule is CCCCCCN1C2=CN=CC(=O)C2c2c1ccc(CC(=O)O)c2NC=O. The second-order valence-corrected chi connectivity index (χ2v) is 6.75. The minimum Gasteiger partial charge on any atom is -0.481 e. The van der Waals surface area contributed by atoms with Gasteiger partial charge in [0.05, 0.1) is 29.9 Å². The number of carbonyl (C=O) groups excluding carboxylic acids is 2. The van der Waals surface area contributed by atoms with E-state index in [1.807, 2.05) is 6.07 Å². The summed E-state index contributed by atoms with van der Waals surface area (Å²) in [6, 6.07) is 3.55. The summed E-state index contributed by atoms with van der Waals surface area (Å²) in [4.78, 5) is 41.1. The number of nitrogens with one attached hydrogen (secondary N) is 1. The summed E-state index contributed by atoms with van der Waals surface area (Å²) in [6.45, 7) is 2.90. The van der Waals surface area contributed by atoms with E-state index < -0.39 is 11.9 Å². The Kier molecular flexibility index (Phi) is 5.69. The van der Waals surface area contributed by atoms with Crippen LogP contribution in [0.3, 0.4) is 0 Å². The molecule has 1 atom stereocenters. The van der Waals surface area contributed by atoms with Gasteiger partial charge in [-0.2, -0.15) is 0 Å². The highest BCUT2D eigenvalue weighted by atomic mass is 16.4. The Bertz CT molecular complexity index is 829. The molecule has 0 radical (unpaired) electrons. The maximum Gasteiger partial charge on any atom is 0.307 e. The number of hydrogen-bond acceptors (Lipinski definition) is 5. The van der Waals surface area contributed by atoms with Gasteiger partial charge in [0.1, 0.15) is 0 Å². The zero-order valence-corrected chi connectivity index (χ0v) is 15.3. The van der Waals surface area contributed by atoms with Gasteiger partial charge in [-0.3, -0.25) is 19.4 Å². The van der Waals surface area contributed by atoms with E-state index >= 15 is 0 Å². The smallest absolute Gasteiger partial charge is 0.307 e. The van der Waals surface area contributed by atoms with Gasteiger partial charge in [0.25, 0.3) is 0 Å². The molecule has 142 valence electrons. The van der Waals surface area contributed by atoms with Crippen LogP contribution in [0.1, 0.15) is 49.7 Å². The normalized spacial score (nSPS) is 17.4. The van der Waals surface area contributed by atoms with Crippen LogP contribution in [0.25, 0.3) is 0 Å².